The Hall–Kier alpha value is -0.790. The summed E-state index contributed by atoms with van der Waals surface area (Å²) in [6.07, 6.45) is 5.08. The van der Waals surface area contributed by atoms with Gasteiger partial charge in [0.05, 0.1) is 0 Å². The minimum Gasteiger partial charge on any atom is -0.334 e. The largest absolute Gasteiger partial charge is 0.334 e. The number of fused-ring (bicyclic) bond motifs is 1. The first-order valence-electron chi connectivity index (χ1n) is 3.22. The van der Waals surface area contributed by atoms with Gasteiger partial charge >= 0.3 is 0 Å². The summed E-state index contributed by atoms with van der Waals surface area (Å²) in [7, 11) is 0. The molecule has 0 aliphatic carbocycles. The minimum absolute atomic E-state index is 1.13. The Morgan fingerprint density at radius 3 is 3.33 bits per heavy atom. The average Bonchev–Trinajstić information content (AvgIpc) is 2.35. The predicted molar refractivity (Wildman–Crippen MR) is 34.9 cm³/mol. The van der Waals surface area contributed by atoms with E-state index >= 15 is 0 Å². The van der Waals surface area contributed by atoms with Gasteiger partial charge in [-0.1, -0.05) is 6.92 Å². The summed E-state index contributed by atoms with van der Waals surface area (Å²) in [5.74, 6) is 2.59. The summed E-state index contributed by atoms with van der Waals surface area (Å²) < 4.78 is 2.19. The van der Waals surface area contributed by atoms with Crippen LogP contribution in [-0.4, -0.2) is 9.55 Å². The first-order chi connectivity index (χ1) is 4.38. The second kappa shape index (κ2) is 1.59. The maximum atomic E-state index is 4.20. The molecule has 0 saturated heterocycles. The average molecular weight is 121 g/mol. The molecule has 1 aliphatic heterocycles. The smallest absolute Gasteiger partial charge is 0.115 e. The molecule has 2 nitrogen and oxygen atoms in total. The molecule has 0 amide bonds. The van der Waals surface area contributed by atoms with E-state index in [0.29, 0.717) is 0 Å². The summed E-state index contributed by atoms with van der Waals surface area (Å²) >= 11 is 0. The van der Waals surface area contributed by atoms with Gasteiger partial charge < -0.3 is 4.57 Å². The van der Waals surface area contributed by atoms with Crippen molar-refractivity contribution in [3.8, 4) is 0 Å². The quantitative estimate of drug-likeness (QED) is 0.504. The van der Waals surface area contributed by atoms with E-state index in [-0.39, 0.29) is 0 Å². The van der Waals surface area contributed by atoms with E-state index in [2.05, 4.69) is 16.5 Å². The molecule has 0 unspecified atom stereocenters. The fourth-order valence-corrected chi connectivity index (χ4v) is 1.26. The van der Waals surface area contributed by atoms with Crippen LogP contribution < -0.4 is 0 Å². The lowest BCUT2D eigenvalue weighted by atomic mass is 10.1. The number of nitrogens with zero attached hydrogens (tertiary/aromatic N) is 2. The molecular weight excluding hydrogens is 112 g/mol. The van der Waals surface area contributed by atoms with Gasteiger partial charge in [-0.05, 0) is 6.42 Å². The first kappa shape index (κ1) is 5.03. The number of aromatic nitrogens is 2. The molecular formula is C7H9N2. The van der Waals surface area contributed by atoms with Crippen molar-refractivity contribution in [1.29, 1.82) is 0 Å². The molecule has 0 bridgehead atoms. The zero-order valence-electron chi connectivity index (χ0n) is 5.46. The second-order valence-electron chi connectivity index (χ2n) is 2.47. The van der Waals surface area contributed by atoms with E-state index < -0.39 is 0 Å². The van der Waals surface area contributed by atoms with Crippen molar-refractivity contribution >= 4 is 0 Å². The van der Waals surface area contributed by atoms with E-state index in [1.165, 1.54) is 18.2 Å². The number of aryl methyl sites for hydroxylation is 1. The molecule has 0 fully saturated rings. The minimum atomic E-state index is 1.13. The van der Waals surface area contributed by atoms with Gasteiger partial charge in [0.25, 0.3) is 0 Å². The van der Waals surface area contributed by atoms with Crippen molar-refractivity contribution in [3.63, 3.8) is 0 Å². The molecule has 0 N–H and O–H groups in total. The van der Waals surface area contributed by atoms with Crippen LogP contribution in [0.3, 0.4) is 0 Å². The summed E-state index contributed by atoms with van der Waals surface area (Å²) in [6.45, 7) is 3.27. The van der Waals surface area contributed by atoms with Gasteiger partial charge in [-0.15, -0.1) is 0 Å². The van der Waals surface area contributed by atoms with Gasteiger partial charge in [-0.3, -0.25) is 0 Å². The van der Waals surface area contributed by atoms with Crippen LogP contribution in [-0.2, 0) is 6.54 Å². The van der Waals surface area contributed by atoms with Crippen molar-refractivity contribution < 1.29 is 0 Å². The fourth-order valence-electron chi connectivity index (χ4n) is 1.26. The summed E-state index contributed by atoms with van der Waals surface area (Å²) in [5, 5.41) is 0. The van der Waals surface area contributed by atoms with Crippen LogP contribution in [0, 0.1) is 5.92 Å². The maximum absolute atomic E-state index is 4.20. The molecule has 2 heterocycles. The Morgan fingerprint density at radius 2 is 2.56 bits per heavy atom. The van der Waals surface area contributed by atoms with E-state index in [0.717, 1.165) is 6.54 Å². The Bertz CT molecular complexity index is 214. The number of hydrogen-bond donors (Lipinski definition) is 0. The SMILES string of the molecule is C[C]1CCn2ccnc21. The molecule has 2 rings (SSSR count). The van der Waals surface area contributed by atoms with E-state index in [1.54, 1.807) is 0 Å². The Labute approximate surface area is 54.5 Å². The van der Waals surface area contributed by atoms with Crippen LogP contribution in [0.5, 0.6) is 0 Å². The lowest BCUT2D eigenvalue weighted by molar-refractivity contribution is 0.755. The van der Waals surface area contributed by atoms with Gasteiger partial charge in [-0.25, -0.2) is 4.98 Å². The second-order valence-corrected chi connectivity index (χ2v) is 2.47. The third kappa shape index (κ3) is 0.590. The van der Waals surface area contributed by atoms with E-state index in [1.807, 2.05) is 12.4 Å². The molecule has 1 aliphatic rings. The molecule has 0 aromatic carbocycles. The molecule has 2 heteroatoms. The van der Waals surface area contributed by atoms with Crippen LogP contribution in [0.4, 0.5) is 0 Å². The summed E-state index contributed by atoms with van der Waals surface area (Å²) in [5.41, 5.74) is 0. The van der Waals surface area contributed by atoms with Crippen LogP contribution in [0.2, 0.25) is 0 Å². The van der Waals surface area contributed by atoms with E-state index in [4.69, 9.17) is 0 Å². The Morgan fingerprint density at radius 1 is 1.67 bits per heavy atom. The monoisotopic (exact) mass is 121 g/mol. The van der Waals surface area contributed by atoms with Crippen LogP contribution >= 0.6 is 0 Å². The molecule has 0 atom stereocenters. The highest BCUT2D eigenvalue weighted by molar-refractivity contribution is 5.18. The molecule has 0 spiro atoms. The summed E-state index contributed by atoms with van der Waals surface area (Å²) in [4.78, 5) is 4.20. The standard InChI is InChI=1S/C7H9N2/c1-6-2-4-9-5-3-8-7(6)9/h3,5H,2,4H2,1H3. The zero-order valence-corrected chi connectivity index (χ0v) is 5.46. The molecule has 1 radical (unpaired) electrons. The van der Waals surface area contributed by atoms with Crippen LogP contribution in [0.1, 0.15) is 19.2 Å². The maximum Gasteiger partial charge on any atom is 0.115 e. The molecule has 47 valence electrons. The summed E-state index contributed by atoms with van der Waals surface area (Å²) in [6, 6.07) is 0. The number of imidazole rings is 1. The van der Waals surface area contributed by atoms with Crippen molar-refractivity contribution in [2.45, 2.75) is 19.9 Å². The highest BCUT2D eigenvalue weighted by Crippen LogP contribution is 2.23. The van der Waals surface area contributed by atoms with Gasteiger partial charge in [0.1, 0.15) is 5.82 Å². The van der Waals surface area contributed by atoms with Crippen molar-refractivity contribution in [3.05, 3.63) is 24.1 Å². The highest BCUT2D eigenvalue weighted by atomic mass is 15.1. The van der Waals surface area contributed by atoms with Gasteiger partial charge in [0, 0.05) is 24.9 Å². The fraction of sp³-hybridized carbons (Fsp3) is 0.429. The Kier molecular flexibility index (Phi) is 0.891. The van der Waals surface area contributed by atoms with E-state index in [9.17, 15) is 0 Å². The van der Waals surface area contributed by atoms with Gasteiger partial charge in [0.2, 0.25) is 0 Å². The molecule has 1 aromatic rings. The van der Waals surface area contributed by atoms with Gasteiger partial charge in [-0.2, -0.15) is 0 Å². The predicted octanol–water partition coefficient (Wildman–Crippen LogP) is 1.23. The van der Waals surface area contributed by atoms with Crippen molar-refractivity contribution in [2.75, 3.05) is 0 Å². The van der Waals surface area contributed by atoms with Crippen LogP contribution in [0.25, 0.3) is 0 Å². The number of hydrogen-bond acceptors (Lipinski definition) is 1. The van der Waals surface area contributed by atoms with Crippen molar-refractivity contribution in [1.82, 2.24) is 9.55 Å². The third-order valence-electron chi connectivity index (χ3n) is 1.82. The highest BCUT2D eigenvalue weighted by Gasteiger charge is 2.18. The van der Waals surface area contributed by atoms with Crippen molar-refractivity contribution in [2.24, 2.45) is 0 Å². The molecule has 0 saturated carbocycles. The molecule has 1 aromatic heterocycles. The van der Waals surface area contributed by atoms with Crippen LogP contribution in [0.15, 0.2) is 12.4 Å². The topological polar surface area (TPSA) is 17.8 Å². The molecule has 9 heavy (non-hydrogen) atoms. The lowest BCUT2D eigenvalue weighted by Gasteiger charge is -1.93. The first-order valence-corrected chi connectivity index (χ1v) is 3.22. The lowest BCUT2D eigenvalue weighted by Crippen LogP contribution is -1.90. The number of rotatable bonds is 0. The van der Waals surface area contributed by atoms with Gasteiger partial charge in [0.15, 0.2) is 0 Å². The third-order valence-corrected chi connectivity index (χ3v) is 1.82. The Balaban J connectivity index is 2.49. The normalized spacial score (nSPS) is 18.3. The zero-order chi connectivity index (χ0) is 6.27.